The normalized spacial score (nSPS) is 11.0. The number of thiocarbonyl (C=S) groups is 1. The summed E-state index contributed by atoms with van der Waals surface area (Å²) in [5, 5.41) is 0. The first-order valence-corrected chi connectivity index (χ1v) is 7.63. The summed E-state index contributed by atoms with van der Waals surface area (Å²) in [6.07, 6.45) is 2.24. The molecule has 0 unspecified atom stereocenters. The van der Waals surface area contributed by atoms with Crippen molar-refractivity contribution in [1.29, 1.82) is 0 Å². The summed E-state index contributed by atoms with van der Waals surface area (Å²) in [5.41, 5.74) is 8.71. The second-order valence-corrected chi connectivity index (χ2v) is 6.17. The Hall–Kier alpha value is -1.79. The molecule has 3 rings (SSSR count). The number of nitrogens with two attached hydrogens (primary N) is 1. The van der Waals surface area contributed by atoms with Crippen LogP contribution in [0, 0.1) is 6.92 Å². The van der Waals surface area contributed by atoms with Crippen molar-refractivity contribution in [2.24, 2.45) is 5.73 Å². The van der Waals surface area contributed by atoms with Crippen LogP contribution in [0.1, 0.15) is 11.4 Å². The molecule has 0 spiro atoms. The summed E-state index contributed by atoms with van der Waals surface area (Å²) in [4.78, 5) is 9.53. The number of aryl methyl sites for hydroxylation is 1. The minimum absolute atomic E-state index is 0.417. The Morgan fingerprint density at radius 1 is 1.38 bits per heavy atom. The minimum atomic E-state index is 0.417. The highest BCUT2D eigenvalue weighted by Gasteiger charge is 2.14. The van der Waals surface area contributed by atoms with Gasteiger partial charge < -0.3 is 5.73 Å². The standard InChI is InChI=1S/C15H13BrN4S/c1-9-6-14(18-8-10(9)16)20-12-5-3-2-4-11(12)19-15(20)7-13(17)21/h2-6,8H,7H2,1H3,(H2,17,21). The third-order valence-electron chi connectivity index (χ3n) is 3.22. The molecule has 0 fully saturated rings. The quantitative estimate of drug-likeness (QED) is 0.727. The number of benzene rings is 1. The topological polar surface area (TPSA) is 56.7 Å². The first kappa shape index (κ1) is 14.2. The van der Waals surface area contributed by atoms with E-state index in [4.69, 9.17) is 18.0 Å². The Labute approximate surface area is 136 Å². The first-order chi connectivity index (χ1) is 10.1. The zero-order valence-corrected chi connectivity index (χ0v) is 13.8. The third-order valence-corrected chi connectivity index (χ3v) is 4.20. The summed E-state index contributed by atoms with van der Waals surface area (Å²) in [6, 6.07) is 9.95. The lowest BCUT2D eigenvalue weighted by molar-refractivity contribution is 0.928. The molecule has 0 aliphatic heterocycles. The van der Waals surface area contributed by atoms with Crippen molar-refractivity contribution >= 4 is 44.2 Å². The maximum Gasteiger partial charge on any atom is 0.138 e. The molecule has 2 heterocycles. The number of hydrogen-bond donors (Lipinski definition) is 1. The van der Waals surface area contributed by atoms with E-state index in [1.54, 1.807) is 6.20 Å². The van der Waals surface area contributed by atoms with Crippen molar-refractivity contribution in [3.8, 4) is 5.82 Å². The van der Waals surface area contributed by atoms with Gasteiger partial charge in [0.2, 0.25) is 0 Å². The predicted octanol–water partition coefficient (Wildman–Crippen LogP) is 3.32. The Morgan fingerprint density at radius 2 is 2.14 bits per heavy atom. The van der Waals surface area contributed by atoms with Crippen LogP contribution < -0.4 is 5.73 Å². The number of rotatable bonds is 3. The number of aromatic nitrogens is 3. The van der Waals surface area contributed by atoms with Gasteiger partial charge in [-0.1, -0.05) is 24.4 Å². The summed E-state index contributed by atoms with van der Waals surface area (Å²) >= 11 is 8.51. The van der Waals surface area contributed by atoms with Gasteiger partial charge in [-0.05, 0) is 46.6 Å². The zero-order valence-electron chi connectivity index (χ0n) is 11.4. The molecule has 0 saturated heterocycles. The Balaban J connectivity index is 2.27. The molecule has 0 saturated carbocycles. The summed E-state index contributed by atoms with van der Waals surface area (Å²) in [7, 11) is 0. The molecular formula is C15H13BrN4S. The monoisotopic (exact) mass is 360 g/mol. The van der Waals surface area contributed by atoms with Gasteiger partial charge in [-0.2, -0.15) is 0 Å². The van der Waals surface area contributed by atoms with E-state index in [-0.39, 0.29) is 0 Å². The number of pyridine rings is 1. The van der Waals surface area contributed by atoms with Gasteiger partial charge in [0.05, 0.1) is 22.4 Å². The van der Waals surface area contributed by atoms with Crippen molar-refractivity contribution in [1.82, 2.24) is 14.5 Å². The molecule has 0 aliphatic rings. The maximum atomic E-state index is 5.70. The molecule has 0 amide bonds. The van der Waals surface area contributed by atoms with Gasteiger partial charge in [-0.15, -0.1) is 0 Å². The first-order valence-electron chi connectivity index (χ1n) is 6.43. The minimum Gasteiger partial charge on any atom is -0.393 e. The van der Waals surface area contributed by atoms with Crippen LogP contribution in [0.5, 0.6) is 0 Å². The smallest absolute Gasteiger partial charge is 0.138 e. The molecule has 1 aromatic carbocycles. The number of hydrogen-bond acceptors (Lipinski definition) is 3. The third kappa shape index (κ3) is 2.69. The van der Waals surface area contributed by atoms with Crippen LogP contribution >= 0.6 is 28.1 Å². The lowest BCUT2D eigenvalue weighted by Gasteiger charge is -2.09. The van der Waals surface area contributed by atoms with Crippen molar-refractivity contribution in [2.45, 2.75) is 13.3 Å². The van der Waals surface area contributed by atoms with E-state index in [0.29, 0.717) is 11.4 Å². The lowest BCUT2D eigenvalue weighted by Crippen LogP contribution is -2.15. The van der Waals surface area contributed by atoms with E-state index >= 15 is 0 Å². The predicted molar refractivity (Wildman–Crippen MR) is 91.8 cm³/mol. The Bertz CT molecular complexity index is 841. The van der Waals surface area contributed by atoms with Gasteiger partial charge in [0.1, 0.15) is 11.6 Å². The molecule has 0 bridgehead atoms. The fourth-order valence-corrected chi connectivity index (χ4v) is 2.60. The van der Waals surface area contributed by atoms with Crippen molar-refractivity contribution in [3.63, 3.8) is 0 Å². The average molecular weight is 361 g/mol. The van der Waals surface area contributed by atoms with Gasteiger partial charge >= 0.3 is 0 Å². The lowest BCUT2D eigenvalue weighted by atomic mass is 10.3. The number of nitrogens with zero attached hydrogens (tertiary/aromatic N) is 3. The molecule has 2 N–H and O–H groups in total. The van der Waals surface area contributed by atoms with Gasteiger partial charge in [0, 0.05) is 10.7 Å². The largest absolute Gasteiger partial charge is 0.393 e. The molecule has 0 radical (unpaired) electrons. The average Bonchev–Trinajstić information content (AvgIpc) is 2.79. The van der Waals surface area contributed by atoms with Crippen LogP contribution in [0.3, 0.4) is 0 Å². The molecule has 0 aliphatic carbocycles. The Kier molecular flexibility index (Phi) is 3.73. The number of para-hydroxylation sites is 2. The van der Waals surface area contributed by atoms with E-state index in [2.05, 4.69) is 25.9 Å². The van der Waals surface area contributed by atoms with Crippen LogP contribution in [0.15, 0.2) is 41.0 Å². The molecule has 106 valence electrons. The Morgan fingerprint density at radius 3 is 2.86 bits per heavy atom. The molecular weight excluding hydrogens is 348 g/mol. The van der Waals surface area contributed by atoms with Crippen molar-refractivity contribution in [2.75, 3.05) is 0 Å². The van der Waals surface area contributed by atoms with Crippen LogP contribution in [0.2, 0.25) is 0 Å². The maximum absolute atomic E-state index is 5.70. The molecule has 3 aromatic rings. The van der Waals surface area contributed by atoms with Gasteiger partial charge in [0.15, 0.2) is 0 Å². The summed E-state index contributed by atoms with van der Waals surface area (Å²) < 4.78 is 2.99. The molecule has 21 heavy (non-hydrogen) atoms. The fourth-order valence-electron chi connectivity index (χ4n) is 2.25. The van der Waals surface area contributed by atoms with Crippen molar-refractivity contribution in [3.05, 3.63) is 52.4 Å². The number of fused-ring (bicyclic) bond motifs is 1. The van der Waals surface area contributed by atoms with Crippen molar-refractivity contribution < 1.29 is 0 Å². The highest BCUT2D eigenvalue weighted by molar-refractivity contribution is 9.10. The summed E-state index contributed by atoms with van der Waals surface area (Å²) in [6.45, 7) is 2.03. The molecule has 0 atom stereocenters. The van der Waals surface area contributed by atoms with E-state index < -0.39 is 0 Å². The van der Waals surface area contributed by atoms with Crippen LogP contribution in [-0.4, -0.2) is 19.5 Å². The second-order valence-electron chi connectivity index (χ2n) is 4.79. The van der Waals surface area contributed by atoms with Crippen LogP contribution in [0.4, 0.5) is 0 Å². The summed E-state index contributed by atoms with van der Waals surface area (Å²) in [5.74, 6) is 1.62. The van der Waals surface area contributed by atoms with Gasteiger partial charge in [-0.3, -0.25) is 4.57 Å². The molecule has 4 nitrogen and oxygen atoms in total. The number of imidazole rings is 1. The van der Waals surface area contributed by atoms with Crippen LogP contribution in [0.25, 0.3) is 16.9 Å². The highest BCUT2D eigenvalue weighted by Crippen LogP contribution is 2.23. The van der Waals surface area contributed by atoms with E-state index in [0.717, 1.165) is 32.7 Å². The molecule has 6 heteroatoms. The zero-order chi connectivity index (χ0) is 15.0. The highest BCUT2D eigenvalue weighted by atomic mass is 79.9. The van der Waals surface area contributed by atoms with E-state index in [1.165, 1.54) is 0 Å². The fraction of sp³-hybridized carbons (Fsp3) is 0.133. The van der Waals surface area contributed by atoms with Gasteiger partial charge in [-0.25, -0.2) is 9.97 Å². The van der Waals surface area contributed by atoms with Crippen LogP contribution in [-0.2, 0) is 6.42 Å². The van der Waals surface area contributed by atoms with E-state index in [9.17, 15) is 0 Å². The SMILES string of the molecule is Cc1cc(-n2c(CC(N)=S)nc3ccccc32)ncc1Br. The van der Waals surface area contributed by atoms with Gasteiger partial charge in [0.25, 0.3) is 0 Å². The second kappa shape index (κ2) is 5.54. The number of halogens is 1. The molecule has 2 aromatic heterocycles. The van der Waals surface area contributed by atoms with E-state index in [1.807, 2.05) is 41.8 Å².